The second-order valence-corrected chi connectivity index (χ2v) is 8.40. The van der Waals surface area contributed by atoms with Gasteiger partial charge in [0.15, 0.2) is 0 Å². The minimum absolute atomic E-state index is 0.187. The average molecular weight is 337 g/mol. The van der Waals surface area contributed by atoms with E-state index in [9.17, 15) is 20.1 Å². The van der Waals surface area contributed by atoms with E-state index in [0.29, 0.717) is 16.7 Å². The summed E-state index contributed by atoms with van der Waals surface area (Å²) in [4.78, 5) is 13.8. The van der Waals surface area contributed by atoms with Crippen LogP contribution in [0.3, 0.4) is 0 Å². The summed E-state index contributed by atoms with van der Waals surface area (Å²) in [6.07, 6.45) is -2.25. The molecule has 136 valence electrons. The van der Waals surface area contributed by atoms with Crippen molar-refractivity contribution in [3.8, 4) is 5.75 Å². The van der Waals surface area contributed by atoms with Crippen LogP contribution in [0, 0.1) is 0 Å². The molecule has 5 nitrogen and oxygen atoms in total. The van der Waals surface area contributed by atoms with Crippen molar-refractivity contribution in [3.05, 3.63) is 28.8 Å². The van der Waals surface area contributed by atoms with Crippen LogP contribution >= 0.6 is 0 Å². The molecule has 0 saturated carbocycles. The molecular formula is C19H31NO4. The Kier molecular flexibility index (Phi) is 5.73. The lowest BCUT2D eigenvalue weighted by atomic mass is 9.78. The number of hydrogen-bond donors (Lipinski definition) is 3. The largest absolute Gasteiger partial charge is 0.507 e. The van der Waals surface area contributed by atoms with E-state index in [2.05, 4.69) is 0 Å². The van der Waals surface area contributed by atoms with Gasteiger partial charge in [-0.3, -0.25) is 9.69 Å². The Morgan fingerprint density at radius 1 is 0.917 bits per heavy atom. The van der Waals surface area contributed by atoms with Crippen LogP contribution in [0.5, 0.6) is 5.75 Å². The Morgan fingerprint density at radius 2 is 1.25 bits per heavy atom. The predicted octanol–water partition coefficient (Wildman–Crippen LogP) is 3.11. The first-order chi connectivity index (χ1) is 10.7. The Bertz CT molecular complexity index is 564. The van der Waals surface area contributed by atoms with Gasteiger partial charge in [-0.1, -0.05) is 41.5 Å². The zero-order valence-corrected chi connectivity index (χ0v) is 16.0. The van der Waals surface area contributed by atoms with Crippen molar-refractivity contribution in [1.82, 2.24) is 4.90 Å². The molecule has 3 N–H and O–H groups in total. The summed E-state index contributed by atoms with van der Waals surface area (Å²) in [5, 5.41) is 30.3. The van der Waals surface area contributed by atoms with E-state index in [1.807, 2.05) is 41.5 Å². The number of hydrogen-bond acceptors (Lipinski definition) is 4. The maximum Gasteiger partial charge on any atom is 0.257 e. The number of carbonyl (C=O) groups is 1. The van der Waals surface area contributed by atoms with Crippen molar-refractivity contribution < 1.29 is 20.1 Å². The molecule has 0 saturated heterocycles. The van der Waals surface area contributed by atoms with Gasteiger partial charge in [0.05, 0.1) is 0 Å². The summed E-state index contributed by atoms with van der Waals surface area (Å²) in [6.45, 7) is 14.6. The summed E-state index contributed by atoms with van der Waals surface area (Å²) >= 11 is 0. The third-order valence-corrected chi connectivity index (χ3v) is 4.01. The van der Waals surface area contributed by atoms with Crippen molar-refractivity contribution in [2.24, 2.45) is 0 Å². The van der Waals surface area contributed by atoms with Gasteiger partial charge >= 0.3 is 0 Å². The maximum absolute atomic E-state index is 12.8. The Labute approximate surface area is 144 Å². The van der Waals surface area contributed by atoms with Crippen LogP contribution in [-0.2, 0) is 10.8 Å². The Hall–Kier alpha value is -1.59. The molecule has 0 aliphatic rings. The summed E-state index contributed by atoms with van der Waals surface area (Å²) in [5.74, 6) is -0.289. The van der Waals surface area contributed by atoms with Crippen LogP contribution < -0.4 is 0 Å². The number of phenols is 1. The van der Waals surface area contributed by atoms with Crippen LogP contribution in [0.15, 0.2) is 12.1 Å². The molecule has 0 spiro atoms. The zero-order chi connectivity index (χ0) is 19.0. The fraction of sp³-hybridized carbons (Fsp3) is 0.632. The highest BCUT2D eigenvalue weighted by molar-refractivity contribution is 5.95. The second-order valence-electron chi connectivity index (χ2n) is 8.40. The number of benzene rings is 1. The number of nitrogens with zero attached hydrogens (tertiary/aromatic N) is 1. The van der Waals surface area contributed by atoms with Gasteiger partial charge in [0.25, 0.3) is 5.91 Å². The highest BCUT2D eigenvalue weighted by Gasteiger charge is 2.30. The van der Waals surface area contributed by atoms with Crippen LogP contribution in [0.2, 0.25) is 0 Å². The number of aliphatic hydroxyl groups is 2. The Morgan fingerprint density at radius 3 is 1.50 bits per heavy atom. The number of amides is 1. The van der Waals surface area contributed by atoms with E-state index in [1.165, 1.54) is 13.8 Å². The molecule has 5 heteroatoms. The standard InChI is InChI=1S/C19H31NO4/c1-11(21)20(12(2)22)17(24)13-9-14(18(3,4)5)16(23)15(10-13)19(6,7)8/h9-12,21-23H,1-8H3. The van der Waals surface area contributed by atoms with Crippen molar-refractivity contribution in [1.29, 1.82) is 0 Å². The molecule has 1 amide bonds. The molecule has 1 aromatic carbocycles. The summed E-state index contributed by atoms with van der Waals surface area (Å²) in [5.41, 5.74) is 0.940. The van der Waals surface area contributed by atoms with Gasteiger partial charge < -0.3 is 15.3 Å². The van der Waals surface area contributed by atoms with Gasteiger partial charge in [-0.25, -0.2) is 0 Å². The SMILES string of the molecule is CC(O)N(C(=O)c1cc(C(C)(C)C)c(O)c(C(C)(C)C)c1)C(C)O. The fourth-order valence-corrected chi connectivity index (χ4v) is 2.70. The van der Waals surface area contributed by atoms with Gasteiger partial charge in [-0.05, 0) is 36.8 Å². The number of rotatable bonds is 3. The lowest BCUT2D eigenvalue weighted by Crippen LogP contribution is -2.44. The molecule has 2 unspecified atom stereocenters. The van der Waals surface area contributed by atoms with E-state index in [0.717, 1.165) is 4.90 Å². The van der Waals surface area contributed by atoms with E-state index in [4.69, 9.17) is 0 Å². The zero-order valence-electron chi connectivity index (χ0n) is 16.0. The number of aromatic hydroxyl groups is 1. The summed E-state index contributed by atoms with van der Waals surface area (Å²) in [6, 6.07) is 3.29. The highest BCUT2D eigenvalue weighted by atomic mass is 16.3. The molecule has 1 rings (SSSR count). The molecule has 2 atom stereocenters. The van der Waals surface area contributed by atoms with Crippen LogP contribution in [-0.4, -0.2) is 38.6 Å². The number of aliphatic hydroxyl groups excluding tert-OH is 2. The third kappa shape index (κ3) is 4.28. The first kappa shape index (κ1) is 20.5. The monoisotopic (exact) mass is 337 g/mol. The molecule has 0 radical (unpaired) electrons. The van der Waals surface area contributed by atoms with E-state index in [-0.39, 0.29) is 16.6 Å². The van der Waals surface area contributed by atoms with Gasteiger partial charge in [0.2, 0.25) is 0 Å². The topological polar surface area (TPSA) is 81.0 Å². The van der Waals surface area contributed by atoms with Crippen LogP contribution in [0.4, 0.5) is 0 Å². The first-order valence-corrected chi connectivity index (χ1v) is 8.24. The number of phenolic OH excluding ortho intramolecular Hbond substituents is 1. The average Bonchev–Trinajstić information content (AvgIpc) is 2.34. The number of carbonyl (C=O) groups excluding carboxylic acids is 1. The second kappa shape index (κ2) is 6.73. The maximum atomic E-state index is 12.8. The third-order valence-electron chi connectivity index (χ3n) is 4.01. The molecule has 0 bridgehead atoms. The first-order valence-electron chi connectivity index (χ1n) is 8.24. The molecule has 0 fully saturated rings. The molecule has 0 aliphatic carbocycles. The molecule has 1 aromatic rings. The van der Waals surface area contributed by atoms with Gasteiger partial charge in [-0.2, -0.15) is 0 Å². The van der Waals surface area contributed by atoms with Crippen molar-refractivity contribution in [3.63, 3.8) is 0 Å². The summed E-state index contributed by atoms with van der Waals surface area (Å²) < 4.78 is 0. The quantitative estimate of drug-likeness (QED) is 0.740. The van der Waals surface area contributed by atoms with Gasteiger partial charge in [0, 0.05) is 16.7 Å². The molecule has 0 heterocycles. The molecular weight excluding hydrogens is 306 g/mol. The lowest BCUT2D eigenvalue weighted by molar-refractivity contribution is -0.0608. The molecule has 0 aliphatic heterocycles. The van der Waals surface area contributed by atoms with E-state index < -0.39 is 18.4 Å². The fourth-order valence-electron chi connectivity index (χ4n) is 2.70. The van der Waals surface area contributed by atoms with Crippen molar-refractivity contribution in [2.75, 3.05) is 0 Å². The van der Waals surface area contributed by atoms with Gasteiger partial charge in [-0.15, -0.1) is 0 Å². The minimum Gasteiger partial charge on any atom is -0.507 e. The Balaban J connectivity index is 3.63. The van der Waals surface area contributed by atoms with E-state index >= 15 is 0 Å². The van der Waals surface area contributed by atoms with E-state index in [1.54, 1.807) is 12.1 Å². The van der Waals surface area contributed by atoms with Crippen LogP contribution in [0.1, 0.15) is 76.9 Å². The molecule has 0 aromatic heterocycles. The smallest absolute Gasteiger partial charge is 0.257 e. The van der Waals surface area contributed by atoms with Crippen LogP contribution in [0.25, 0.3) is 0 Å². The normalized spacial score (nSPS) is 15.1. The molecule has 24 heavy (non-hydrogen) atoms. The minimum atomic E-state index is -1.12. The highest BCUT2D eigenvalue weighted by Crippen LogP contribution is 2.40. The van der Waals surface area contributed by atoms with Crippen molar-refractivity contribution >= 4 is 5.91 Å². The van der Waals surface area contributed by atoms with Crippen molar-refractivity contribution in [2.45, 2.75) is 78.7 Å². The van der Waals surface area contributed by atoms with Gasteiger partial charge in [0.1, 0.15) is 18.2 Å². The summed E-state index contributed by atoms with van der Waals surface area (Å²) in [7, 11) is 0. The predicted molar refractivity (Wildman–Crippen MR) is 95.0 cm³/mol. The lowest BCUT2D eigenvalue weighted by Gasteiger charge is -2.31.